The Hall–Kier alpha value is -2.64. The van der Waals surface area contributed by atoms with E-state index in [2.05, 4.69) is 20.8 Å². The fourth-order valence-corrected chi connectivity index (χ4v) is 3.39. The van der Waals surface area contributed by atoms with Gasteiger partial charge in [0.05, 0.1) is 13.2 Å². The number of amides is 2. The van der Waals surface area contributed by atoms with E-state index >= 15 is 0 Å². The van der Waals surface area contributed by atoms with Crippen molar-refractivity contribution >= 4 is 34.1 Å². The lowest BCUT2D eigenvalue weighted by Crippen LogP contribution is -2.31. The number of nitrogens with zero attached hydrogens (tertiary/aromatic N) is 2. The van der Waals surface area contributed by atoms with E-state index in [0.29, 0.717) is 16.6 Å². The number of halogens is 1. The van der Waals surface area contributed by atoms with Crippen molar-refractivity contribution in [2.45, 2.75) is 19.4 Å². The number of carbonyl (C=O) groups is 1. The van der Waals surface area contributed by atoms with E-state index < -0.39 is 0 Å². The maximum atomic E-state index is 12.2. The fraction of sp³-hybridized carbons (Fsp3) is 0.211. The van der Waals surface area contributed by atoms with Gasteiger partial charge in [0.1, 0.15) is 10.8 Å². The van der Waals surface area contributed by atoms with E-state index in [1.54, 1.807) is 19.2 Å². The highest BCUT2D eigenvalue weighted by atomic mass is 35.5. The number of urea groups is 1. The molecular weight excluding hydrogens is 384 g/mol. The molecule has 3 rings (SSSR count). The molecule has 0 aliphatic heterocycles. The highest BCUT2D eigenvalue weighted by Crippen LogP contribution is 2.21. The van der Waals surface area contributed by atoms with Crippen LogP contribution >= 0.6 is 22.9 Å². The van der Waals surface area contributed by atoms with E-state index in [9.17, 15) is 4.79 Å². The minimum absolute atomic E-state index is 0.161. The Morgan fingerprint density at radius 1 is 1.22 bits per heavy atom. The Balaban J connectivity index is 1.56. The Morgan fingerprint density at radius 3 is 2.74 bits per heavy atom. The summed E-state index contributed by atoms with van der Waals surface area (Å²) in [5, 5.41) is 15.7. The summed E-state index contributed by atoms with van der Waals surface area (Å²) < 4.78 is 5.23. The molecule has 8 heteroatoms. The van der Waals surface area contributed by atoms with E-state index in [0.717, 1.165) is 21.9 Å². The lowest BCUT2D eigenvalue weighted by molar-refractivity contribution is 0.249. The average molecular weight is 403 g/mol. The Bertz CT molecular complexity index is 914. The third-order valence-electron chi connectivity index (χ3n) is 3.89. The molecule has 0 spiro atoms. The van der Waals surface area contributed by atoms with Crippen molar-refractivity contribution in [1.29, 1.82) is 0 Å². The van der Waals surface area contributed by atoms with Crippen molar-refractivity contribution in [3.05, 3.63) is 69.7 Å². The molecule has 1 aromatic heterocycles. The van der Waals surface area contributed by atoms with E-state index in [1.807, 2.05) is 43.3 Å². The van der Waals surface area contributed by atoms with E-state index in [1.165, 1.54) is 11.3 Å². The molecule has 2 aromatic carbocycles. The molecule has 3 aromatic rings. The van der Waals surface area contributed by atoms with Crippen molar-refractivity contribution in [3.8, 4) is 5.75 Å². The molecule has 2 amide bonds. The van der Waals surface area contributed by atoms with Crippen molar-refractivity contribution < 1.29 is 9.53 Å². The number of hydrogen-bond acceptors (Lipinski definition) is 5. The van der Waals surface area contributed by atoms with Gasteiger partial charge in [-0.3, -0.25) is 5.32 Å². The Kier molecular flexibility index (Phi) is 6.26. The van der Waals surface area contributed by atoms with Gasteiger partial charge in [-0.15, -0.1) is 10.2 Å². The number of carbonyl (C=O) groups excluding carboxylic acids is 1. The first-order valence-electron chi connectivity index (χ1n) is 8.32. The number of benzene rings is 2. The van der Waals surface area contributed by atoms with Crippen molar-refractivity contribution in [3.63, 3.8) is 0 Å². The second kappa shape index (κ2) is 8.83. The van der Waals surface area contributed by atoms with Crippen molar-refractivity contribution in [2.24, 2.45) is 0 Å². The van der Waals surface area contributed by atoms with Crippen LogP contribution in [-0.4, -0.2) is 23.3 Å². The molecule has 2 N–H and O–H groups in total. The number of aromatic nitrogens is 2. The van der Waals surface area contributed by atoms with Gasteiger partial charge in [-0.2, -0.15) is 0 Å². The lowest BCUT2D eigenvalue weighted by Gasteiger charge is -2.14. The molecule has 0 saturated heterocycles. The molecule has 1 heterocycles. The minimum atomic E-state index is -0.332. The summed E-state index contributed by atoms with van der Waals surface area (Å²) in [6.45, 7) is 1.90. The van der Waals surface area contributed by atoms with Gasteiger partial charge in [-0.25, -0.2) is 4.79 Å². The average Bonchev–Trinajstić information content (AvgIpc) is 3.08. The highest BCUT2D eigenvalue weighted by molar-refractivity contribution is 7.15. The zero-order valence-corrected chi connectivity index (χ0v) is 16.5. The molecule has 27 heavy (non-hydrogen) atoms. The third kappa shape index (κ3) is 5.42. The maximum Gasteiger partial charge on any atom is 0.321 e. The number of nitrogens with one attached hydrogen (secondary N) is 2. The van der Waals surface area contributed by atoms with E-state index in [4.69, 9.17) is 16.3 Å². The number of anilines is 1. The third-order valence-corrected chi connectivity index (χ3v) is 4.99. The largest absolute Gasteiger partial charge is 0.497 e. The highest BCUT2D eigenvalue weighted by Gasteiger charge is 2.12. The molecule has 0 aliphatic carbocycles. The maximum absolute atomic E-state index is 12.2. The summed E-state index contributed by atoms with van der Waals surface area (Å²) in [6, 6.07) is 14.6. The van der Waals surface area contributed by atoms with Crippen LogP contribution in [-0.2, 0) is 6.42 Å². The molecule has 0 bridgehead atoms. The van der Waals surface area contributed by atoms with Gasteiger partial charge >= 0.3 is 6.03 Å². The van der Waals surface area contributed by atoms with Gasteiger partial charge in [0.2, 0.25) is 5.13 Å². The predicted molar refractivity (Wildman–Crippen MR) is 108 cm³/mol. The SMILES string of the molecule is COc1cccc(Cc2nnc(NC(=O)NC(C)c3ccc(Cl)cc3)s2)c1. The second-order valence-electron chi connectivity index (χ2n) is 5.90. The normalized spacial score (nSPS) is 11.7. The fourth-order valence-electron chi connectivity index (χ4n) is 2.50. The Morgan fingerprint density at radius 2 is 2.00 bits per heavy atom. The molecular formula is C19H19ClN4O2S. The summed E-state index contributed by atoms with van der Waals surface area (Å²) >= 11 is 7.23. The number of methoxy groups -OCH3 is 1. The van der Waals surface area contributed by atoms with Crippen LogP contribution < -0.4 is 15.4 Å². The standard InChI is InChI=1S/C19H19ClN4O2S/c1-12(14-6-8-15(20)9-7-14)21-18(25)22-19-24-23-17(27-19)11-13-4-3-5-16(10-13)26-2/h3-10,12H,11H2,1-2H3,(H2,21,22,24,25). The first kappa shape index (κ1) is 19.1. The first-order valence-corrected chi connectivity index (χ1v) is 9.51. The second-order valence-corrected chi connectivity index (χ2v) is 7.40. The van der Waals surface area contributed by atoms with Gasteiger partial charge in [-0.1, -0.05) is 47.2 Å². The number of rotatable bonds is 6. The van der Waals surface area contributed by atoms with Crippen LogP contribution in [0, 0.1) is 0 Å². The molecule has 140 valence electrons. The van der Waals surface area contributed by atoms with Gasteiger partial charge in [0.25, 0.3) is 0 Å². The summed E-state index contributed by atoms with van der Waals surface area (Å²) in [5.41, 5.74) is 2.03. The molecule has 6 nitrogen and oxygen atoms in total. The summed E-state index contributed by atoms with van der Waals surface area (Å²) in [4.78, 5) is 12.2. The van der Waals surface area contributed by atoms with Gasteiger partial charge in [0.15, 0.2) is 0 Å². The molecule has 0 saturated carbocycles. The zero-order valence-electron chi connectivity index (χ0n) is 14.9. The first-order chi connectivity index (χ1) is 13.0. The van der Waals surface area contributed by atoms with Crippen LogP contribution in [0.1, 0.15) is 29.1 Å². The van der Waals surface area contributed by atoms with Gasteiger partial charge in [-0.05, 0) is 42.3 Å². The van der Waals surface area contributed by atoms with Crippen LogP contribution in [0.25, 0.3) is 0 Å². The quantitative estimate of drug-likeness (QED) is 0.628. The number of ether oxygens (including phenoxy) is 1. The lowest BCUT2D eigenvalue weighted by atomic mass is 10.1. The van der Waals surface area contributed by atoms with Gasteiger partial charge in [0, 0.05) is 11.4 Å². The van der Waals surface area contributed by atoms with Crippen LogP contribution in [0.15, 0.2) is 48.5 Å². The van der Waals surface area contributed by atoms with E-state index in [-0.39, 0.29) is 12.1 Å². The number of hydrogen-bond donors (Lipinski definition) is 2. The van der Waals surface area contributed by atoms with Crippen LogP contribution in [0.2, 0.25) is 5.02 Å². The topological polar surface area (TPSA) is 76.1 Å². The van der Waals surface area contributed by atoms with Crippen LogP contribution in [0.4, 0.5) is 9.93 Å². The monoisotopic (exact) mass is 402 g/mol. The molecule has 0 aliphatic rings. The molecule has 1 unspecified atom stereocenters. The van der Waals surface area contributed by atoms with Crippen molar-refractivity contribution in [2.75, 3.05) is 12.4 Å². The summed E-state index contributed by atoms with van der Waals surface area (Å²) in [7, 11) is 1.63. The predicted octanol–water partition coefficient (Wildman–Crippen LogP) is 4.67. The zero-order chi connectivity index (χ0) is 19.2. The van der Waals surface area contributed by atoms with Crippen LogP contribution in [0.3, 0.4) is 0 Å². The Labute approximate surface area is 166 Å². The van der Waals surface area contributed by atoms with Crippen molar-refractivity contribution in [1.82, 2.24) is 15.5 Å². The molecule has 0 radical (unpaired) electrons. The van der Waals surface area contributed by atoms with Gasteiger partial charge < -0.3 is 10.1 Å². The summed E-state index contributed by atoms with van der Waals surface area (Å²) in [6.07, 6.45) is 0.624. The summed E-state index contributed by atoms with van der Waals surface area (Å²) in [5.74, 6) is 0.797. The smallest absolute Gasteiger partial charge is 0.321 e. The molecule has 0 fully saturated rings. The minimum Gasteiger partial charge on any atom is -0.497 e. The molecule has 1 atom stereocenters. The van der Waals surface area contributed by atoms with Crippen LogP contribution in [0.5, 0.6) is 5.75 Å².